The summed E-state index contributed by atoms with van der Waals surface area (Å²) in [5.74, 6) is -0.243. The van der Waals surface area contributed by atoms with Crippen LogP contribution in [-0.2, 0) is 5.41 Å². The third kappa shape index (κ3) is 1.83. The van der Waals surface area contributed by atoms with Crippen molar-refractivity contribution in [1.29, 1.82) is 0 Å². The first-order valence-corrected chi connectivity index (χ1v) is 3.93. The second-order valence-corrected chi connectivity index (χ2v) is 3.55. The van der Waals surface area contributed by atoms with Gasteiger partial charge in [-0.1, -0.05) is 26.0 Å². The number of benzene rings is 1. The van der Waals surface area contributed by atoms with Crippen molar-refractivity contribution >= 4 is 0 Å². The van der Waals surface area contributed by atoms with Gasteiger partial charge in [0.1, 0.15) is 5.82 Å². The van der Waals surface area contributed by atoms with Crippen molar-refractivity contribution in [3.63, 3.8) is 0 Å². The monoisotopic (exact) mass is 168 g/mol. The minimum absolute atomic E-state index is 0.0681. The molecule has 0 heterocycles. The van der Waals surface area contributed by atoms with Crippen molar-refractivity contribution in [3.05, 3.63) is 35.6 Å². The summed E-state index contributed by atoms with van der Waals surface area (Å²) in [7, 11) is 0. The lowest BCUT2D eigenvalue weighted by Crippen LogP contribution is -2.21. The van der Waals surface area contributed by atoms with Crippen LogP contribution in [0.5, 0.6) is 0 Å². The third-order valence-electron chi connectivity index (χ3n) is 2.02. The van der Waals surface area contributed by atoms with E-state index in [0.717, 1.165) is 5.56 Å². The van der Waals surface area contributed by atoms with E-state index >= 15 is 0 Å². The van der Waals surface area contributed by atoms with Gasteiger partial charge < -0.3 is 5.11 Å². The Hall–Kier alpha value is -0.890. The standard InChI is InChI=1S/C10H13FO/c1-10(2,7-12)8-3-5-9(11)6-4-8/h3-6,12H,7H2,1-2H3. The Morgan fingerprint density at radius 3 is 2.17 bits per heavy atom. The Bertz CT molecular complexity index is 251. The largest absolute Gasteiger partial charge is 0.395 e. The summed E-state index contributed by atoms with van der Waals surface area (Å²) in [6, 6.07) is 6.22. The number of hydrogen-bond acceptors (Lipinski definition) is 1. The minimum Gasteiger partial charge on any atom is -0.395 e. The van der Waals surface area contributed by atoms with Crippen LogP contribution in [0.2, 0.25) is 0 Å². The van der Waals surface area contributed by atoms with Crippen LogP contribution in [0.1, 0.15) is 19.4 Å². The first-order valence-electron chi connectivity index (χ1n) is 3.93. The molecule has 66 valence electrons. The zero-order valence-electron chi connectivity index (χ0n) is 7.34. The maximum atomic E-state index is 12.5. The first-order chi connectivity index (χ1) is 5.56. The zero-order chi connectivity index (χ0) is 9.19. The molecule has 0 saturated carbocycles. The van der Waals surface area contributed by atoms with E-state index in [4.69, 9.17) is 5.11 Å². The molecule has 0 saturated heterocycles. The van der Waals surface area contributed by atoms with Crippen molar-refractivity contribution in [3.8, 4) is 0 Å². The van der Waals surface area contributed by atoms with E-state index in [-0.39, 0.29) is 17.8 Å². The van der Waals surface area contributed by atoms with Crippen molar-refractivity contribution < 1.29 is 9.50 Å². The number of rotatable bonds is 2. The number of hydrogen-bond donors (Lipinski definition) is 1. The molecule has 1 nitrogen and oxygen atoms in total. The number of aliphatic hydroxyl groups is 1. The van der Waals surface area contributed by atoms with Gasteiger partial charge in [0.05, 0.1) is 6.61 Å². The summed E-state index contributed by atoms with van der Waals surface area (Å²) in [4.78, 5) is 0. The summed E-state index contributed by atoms with van der Waals surface area (Å²) in [5.41, 5.74) is 0.666. The summed E-state index contributed by atoms with van der Waals surface area (Å²) in [6.45, 7) is 3.90. The lowest BCUT2D eigenvalue weighted by atomic mass is 9.86. The number of aliphatic hydroxyl groups excluding tert-OH is 1. The molecule has 1 N–H and O–H groups in total. The molecule has 0 fully saturated rings. The van der Waals surface area contributed by atoms with Gasteiger partial charge in [-0.2, -0.15) is 0 Å². The molecule has 0 spiro atoms. The lowest BCUT2D eigenvalue weighted by Gasteiger charge is -2.21. The maximum absolute atomic E-state index is 12.5. The van der Waals surface area contributed by atoms with E-state index in [0.29, 0.717) is 0 Å². The van der Waals surface area contributed by atoms with E-state index in [9.17, 15) is 4.39 Å². The van der Waals surface area contributed by atoms with E-state index in [2.05, 4.69) is 0 Å². The molecule has 0 aliphatic rings. The average Bonchev–Trinajstić information content (AvgIpc) is 2.05. The number of halogens is 1. The van der Waals surface area contributed by atoms with Crippen LogP contribution < -0.4 is 0 Å². The lowest BCUT2D eigenvalue weighted by molar-refractivity contribution is 0.218. The molecule has 0 atom stereocenters. The molecule has 0 radical (unpaired) electrons. The Labute approximate surface area is 71.9 Å². The fourth-order valence-electron chi connectivity index (χ4n) is 0.992. The highest BCUT2D eigenvalue weighted by Gasteiger charge is 2.18. The van der Waals surface area contributed by atoms with Gasteiger partial charge in [0.25, 0.3) is 0 Å². The van der Waals surface area contributed by atoms with Crippen LogP contribution in [0.3, 0.4) is 0 Å². The molecule has 0 bridgehead atoms. The normalized spacial score (nSPS) is 11.7. The van der Waals surface area contributed by atoms with E-state index in [1.807, 2.05) is 13.8 Å². The second-order valence-electron chi connectivity index (χ2n) is 3.55. The van der Waals surface area contributed by atoms with Gasteiger partial charge in [-0.3, -0.25) is 0 Å². The molecule has 0 unspecified atom stereocenters. The van der Waals surface area contributed by atoms with Crippen molar-refractivity contribution in [2.24, 2.45) is 0 Å². The van der Waals surface area contributed by atoms with Crippen LogP contribution in [0.15, 0.2) is 24.3 Å². The van der Waals surface area contributed by atoms with Gasteiger partial charge in [0.2, 0.25) is 0 Å². The van der Waals surface area contributed by atoms with Crippen LogP contribution in [-0.4, -0.2) is 11.7 Å². The average molecular weight is 168 g/mol. The molecule has 1 aromatic carbocycles. The van der Waals surface area contributed by atoms with Crippen molar-refractivity contribution in [2.45, 2.75) is 19.3 Å². The Balaban J connectivity index is 2.96. The van der Waals surface area contributed by atoms with Crippen LogP contribution >= 0.6 is 0 Å². The molecule has 0 aromatic heterocycles. The Morgan fingerprint density at radius 2 is 1.75 bits per heavy atom. The van der Waals surface area contributed by atoms with Crippen LogP contribution in [0, 0.1) is 5.82 Å². The molecule has 0 aliphatic heterocycles. The highest BCUT2D eigenvalue weighted by molar-refractivity contribution is 5.24. The summed E-state index contributed by atoms with van der Waals surface area (Å²) >= 11 is 0. The SMILES string of the molecule is CC(C)(CO)c1ccc(F)cc1. The molecule has 2 heteroatoms. The van der Waals surface area contributed by atoms with Gasteiger partial charge in [0, 0.05) is 5.41 Å². The van der Waals surface area contributed by atoms with Gasteiger partial charge in [-0.05, 0) is 17.7 Å². The summed E-state index contributed by atoms with van der Waals surface area (Å²) < 4.78 is 12.5. The topological polar surface area (TPSA) is 20.2 Å². The fourth-order valence-corrected chi connectivity index (χ4v) is 0.992. The highest BCUT2D eigenvalue weighted by Crippen LogP contribution is 2.21. The summed E-state index contributed by atoms with van der Waals surface area (Å²) in [6.07, 6.45) is 0. The molecule has 12 heavy (non-hydrogen) atoms. The zero-order valence-corrected chi connectivity index (χ0v) is 7.34. The van der Waals surface area contributed by atoms with Crippen molar-refractivity contribution in [2.75, 3.05) is 6.61 Å². The smallest absolute Gasteiger partial charge is 0.123 e. The van der Waals surface area contributed by atoms with Crippen LogP contribution in [0.25, 0.3) is 0 Å². The summed E-state index contributed by atoms with van der Waals surface area (Å²) in [5, 5.41) is 9.02. The molecular weight excluding hydrogens is 155 g/mol. The van der Waals surface area contributed by atoms with E-state index < -0.39 is 0 Å². The van der Waals surface area contributed by atoms with E-state index in [1.54, 1.807) is 12.1 Å². The molecular formula is C10H13FO. The minimum atomic E-state index is -0.284. The van der Waals surface area contributed by atoms with Gasteiger partial charge >= 0.3 is 0 Å². The van der Waals surface area contributed by atoms with E-state index in [1.165, 1.54) is 12.1 Å². The molecule has 1 aromatic rings. The van der Waals surface area contributed by atoms with Gasteiger partial charge in [0.15, 0.2) is 0 Å². The fraction of sp³-hybridized carbons (Fsp3) is 0.400. The van der Waals surface area contributed by atoms with Gasteiger partial charge in [-0.25, -0.2) is 4.39 Å². The predicted octanol–water partition coefficient (Wildman–Crippen LogP) is 2.10. The third-order valence-corrected chi connectivity index (χ3v) is 2.02. The quantitative estimate of drug-likeness (QED) is 0.717. The molecule has 0 amide bonds. The first kappa shape index (κ1) is 9.20. The Morgan fingerprint density at radius 1 is 1.25 bits per heavy atom. The van der Waals surface area contributed by atoms with Crippen molar-refractivity contribution in [1.82, 2.24) is 0 Å². The Kier molecular flexibility index (Phi) is 2.48. The van der Waals surface area contributed by atoms with Gasteiger partial charge in [-0.15, -0.1) is 0 Å². The highest BCUT2D eigenvalue weighted by atomic mass is 19.1. The second kappa shape index (κ2) is 3.23. The molecule has 1 rings (SSSR count). The maximum Gasteiger partial charge on any atom is 0.123 e. The molecule has 0 aliphatic carbocycles. The van der Waals surface area contributed by atoms with Crippen LogP contribution in [0.4, 0.5) is 4.39 Å². The predicted molar refractivity (Wildman–Crippen MR) is 46.5 cm³/mol.